The molecule has 90 valence electrons. The van der Waals surface area contributed by atoms with E-state index in [2.05, 4.69) is 27.3 Å². The van der Waals surface area contributed by atoms with E-state index in [4.69, 9.17) is 22.6 Å². The van der Waals surface area contributed by atoms with Gasteiger partial charge in [-0.15, -0.1) is 0 Å². The van der Waals surface area contributed by atoms with E-state index in [9.17, 15) is 0 Å². The van der Waals surface area contributed by atoms with Crippen molar-refractivity contribution in [3.8, 4) is 6.07 Å². The molecular formula is C13H9BrClN3. The third-order valence-corrected chi connectivity index (χ3v) is 3.17. The lowest BCUT2D eigenvalue weighted by Crippen LogP contribution is -1.95. The Labute approximate surface area is 118 Å². The van der Waals surface area contributed by atoms with Gasteiger partial charge in [0.2, 0.25) is 0 Å². The van der Waals surface area contributed by atoms with Crippen molar-refractivity contribution in [3.63, 3.8) is 0 Å². The molecule has 3 N–H and O–H groups in total. The summed E-state index contributed by atoms with van der Waals surface area (Å²) >= 11 is 9.44. The summed E-state index contributed by atoms with van der Waals surface area (Å²) in [5.74, 6) is 0. The highest BCUT2D eigenvalue weighted by Gasteiger charge is 2.06. The Balaban J connectivity index is 2.40. The largest absolute Gasteiger partial charge is 0.399 e. The van der Waals surface area contributed by atoms with E-state index >= 15 is 0 Å². The molecule has 0 aromatic heterocycles. The molecule has 0 heterocycles. The van der Waals surface area contributed by atoms with Crippen molar-refractivity contribution in [1.82, 2.24) is 0 Å². The van der Waals surface area contributed by atoms with Crippen LogP contribution >= 0.6 is 27.5 Å². The fourth-order valence-corrected chi connectivity index (χ4v) is 2.09. The first-order chi connectivity index (χ1) is 8.60. The summed E-state index contributed by atoms with van der Waals surface area (Å²) < 4.78 is 0.885. The molecular weight excluding hydrogens is 314 g/mol. The second kappa shape index (κ2) is 5.30. The smallest absolute Gasteiger partial charge is 0.101 e. The lowest BCUT2D eigenvalue weighted by Gasteiger charge is -2.10. The Bertz CT molecular complexity index is 635. The summed E-state index contributed by atoms with van der Waals surface area (Å²) in [5, 5.41) is 12.7. The Morgan fingerprint density at radius 2 is 1.94 bits per heavy atom. The Morgan fingerprint density at radius 3 is 2.61 bits per heavy atom. The average molecular weight is 323 g/mol. The maximum atomic E-state index is 9.04. The number of rotatable bonds is 2. The molecule has 0 aliphatic rings. The van der Waals surface area contributed by atoms with Crippen molar-refractivity contribution in [2.24, 2.45) is 0 Å². The molecule has 18 heavy (non-hydrogen) atoms. The molecule has 0 aliphatic carbocycles. The lowest BCUT2D eigenvalue weighted by molar-refractivity contribution is 1.45. The topological polar surface area (TPSA) is 61.8 Å². The van der Waals surface area contributed by atoms with Gasteiger partial charge >= 0.3 is 0 Å². The number of nitrogens with two attached hydrogens (primary N) is 1. The van der Waals surface area contributed by atoms with Gasteiger partial charge in [-0.25, -0.2) is 0 Å². The van der Waals surface area contributed by atoms with Gasteiger partial charge in [-0.2, -0.15) is 5.26 Å². The molecule has 0 bridgehead atoms. The van der Waals surface area contributed by atoms with E-state index in [1.165, 1.54) is 0 Å². The number of hydrogen-bond donors (Lipinski definition) is 2. The third-order valence-electron chi connectivity index (χ3n) is 2.36. The van der Waals surface area contributed by atoms with Crippen LogP contribution in [0.1, 0.15) is 5.56 Å². The Kier molecular flexibility index (Phi) is 3.75. The summed E-state index contributed by atoms with van der Waals surface area (Å²) in [7, 11) is 0. The molecule has 0 spiro atoms. The molecule has 2 aromatic carbocycles. The minimum Gasteiger partial charge on any atom is -0.399 e. The summed E-state index contributed by atoms with van der Waals surface area (Å²) in [4.78, 5) is 0. The minimum atomic E-state index is 0.513. The van der Waals surface area contributed by atoms with Gasteiger partial charge in [0, 0.05) is 10.2 Å². The second-order valence-corrected chi connectivity index (χ2v) is 4.99. The van der Waals surface area contributed by atoms with Gasteiger partial charge in [-0.05, 0) is 36.4 Å². The first-order valence-corrected chi connectivity index (χ1v) is 6.29. The van der Waals surface area contributed by atoms with Crippen LogP contribution in [-0.2, 0) is 0 Å². The molecule has 3 nitrogen and oxygen atoms in total. The molecule has 0 unspecified atom stereocenters. The Hall–Kier alpha value is -1.70. The predicted molar refractivity (Wildman–Crippen MR) is 78.0 cm³/mol. The number of halogens is 2. The van der Waals surface area contributed by atoms with Crippen molar-refractivity contribution in [1.29, 1.82) is 5.26 Å². The van der Waals surface area contributed by atoms with Gasteiger partial charge in [0.05, 0.1) is 22.0 Å². The fraction of sp³-hybridized carbons (Fsp3) is 0. The molecule has 0 saturated heterocycles. The van der Waals surface area contributed by atoms with Gasteiger partial charge in [0.25, 0.3) is 0 Å². The van der Waals surface area contributed by atoms with Crippen molar-refractivity contribution in [3.05, 3.63) is 51.5 Å². The number of anilines is 3. The average Bonchev–Trinajstić information content (AvgIpc) is 2.33. The van der Waals surface area contributed by atoms with Crippen LogP contribution in [0, 0.1) is 11.3 Å². The van der Waals surface area contributed by atoms with Crippen molar-refractivity contribution in [2.45, 2.75) is 0 Å². The van der Waals surface area contributed by atoms with E-state index in [1.54, 1.807) is 24.3 Å². The second-order valence-electron chi connectivity index (χ2n) is 3.67. The lowest BCUT2D eigenvalue weighted by atomic mass is 10.2. The zero-order valence-electron chi connectivity index (χ0n) is 9.24. The zero-order chi connectivity index (χ0) is 13.1. The van der Waals surface area contributed by atoms with Gasteiger partial charge in [-0.1, -0.05) is 27.5 Å². The fourth-order valence-electron chi connectivity index (χ4n) is 1.50. The van der Waals surface area contributed by atoms with Crippen molar-refractivity contribution < 1.29 is 0 Å². The van der Waals surface area contributed by atoms with Crippen LogP contribution in [0.2, 0.25) is 5.02 Å². The standard InChI is InChI=1S/C13H9BrClN3/c14-9-2-1-8(7-16)13(5-9)18-12-4-3-10(17)6-11(12)15/h1-6,18H,17H2. The van der Waals surface area contributed by atoms with E-state index in [0.717, 1.165) is 4.47 Å². The molecule has 0 radical (unpaired) electrons. The highest BCUT2D eigenvalue weighted by atomic mass is 79.9. The number of nitrogens with one attached hydrogen (secondary N) is 1. The van der Waals surface area contributed by atoms with E-state index in [-0.39, 0.29) is 0 Å². The summed E-state index contributed by atoms with van der Waals surface area (Å²) in [5.41, 5.74) is 8.18. The molecule has 0 saturated carbocycles. The Morgan fingerprint density at radius 1 is 1.17 bits per heavy atom. The van der Waals surface area contributed by atoms with E-state index in [0.29, 0.717) is 27.6 Å². The van der Waals surface area contributed by atoms with Crippen molar-refractivity contribution in [2.75, 3.05) is 11.1 Å². The molecule has 2 aromatic rings. The minimum absolute atomic E-state index is 0.513. The van der Waals surface area contributed by atoms with E-state index < -0.39 is 0 Å². The van der Waals surface area contributed by atoms with Gasteiger partial charge in [0.1, 0.15) is 6.07 Å². The van der Waals surface area contributed by atoms with Gasteiger partial charge < -0.3 is 11.1 Å². The van der Waals surface area contributed by atoms with Crippen LogP contribution in [0.15, 0.2) is 40.9 Å². The number of nitrogen functional groups attached to an aromatic ring is 1. The molecule has 2 rings (SSSR count). The summed E-state index contributed by atoms with van der Waals surface area (Å²) in [6.07, 6.45) is 0. The number of hydrogen-bond acceptors (Lipinski definition) is 3. The summed E-state index contributed by atoms with van der Waals surface area (Å²) in [6, 6.07) is 12.7. The van der Waals surface area contributed by atoms with Crippen LogP contribution in [0.25, 0.3) is 0 Å². The number of nitrogens with zero attached hydrogens (tertiary/aromatic N) is 1. The van der Waals surface area contributed by atoms with Crippen LogP contribution in [0.5, 0.6) is 0 Å². The monoisotopic (exact) mass is 321 g/mol. The van der Waals surface area contributed by atoms with Crippen LogP contribution in [-0.4, -0.2) is 0 Å². The highest BCUT2D eigenvalue weighted by molar-refractivity contribution is 9.10. The number of nitriles is 1. The summed E-state index contributed by atoms with van der Waals surface area (Å²) in [6.45, 7) is 0. The van der Waals surface area contributed by atoms with Crippen LogP contribution < -0.4 is 11.1 Å². The van der Waals surface area contributed by atoms with Gasteiger partial charge in [0.15, 0.2) is 0 Å². The maximum absolute atomic E-state index is 9.04. The van der Waals surface area contributed by atoms with Crippen LogP contribution in [0.4, 0.5) is 17.1 Å². The van der Waals surface area contributed by atoms with Gasteiger partial charge in [-0.3, -0.25) is 0 Å². The van der Waals surface area contributed by atoms with Crippen LogP contribution in [0.3, 0.4) is 0 Å². The normalized spacial score (nSPS) is 9.83. The molecule has 0 fully saturated rings. The highest BCUT2D eigenvalue weighted by Crippen LogP contribution is 2.30. The van der Waals surface area contributed by atoms with E-state index in [1.807, 2.05) is 12.1 Å². The third kappa shape index (κ3) is 2.76. The zero-order valence-corrected chi connectivity index (χ0v) is 11.6. The quantitative estimate of drug-likeness (QED) is 0.810. The predicted octanol–water partition coefficient (Wildman–Crippen LogP) is 4.30. The molecule has 0 amide bonds. The SMILES string of the molecule is N#Cc1ccc(Br)cc1Nc1ccc(N)cc1Cl. The first kappa shape index (κ1) is 12.7. The number of benzene rings is 2. The molecule has 0 atom stereocenters. The molecule has 5 heteroatoms. The van der Waals surface area contributed by atoms with Crippen molar-refractivity contribution >= 4 is 44.6 Å². The maximum Gasteiger partial charge on any atom is 0.101 e. The first-order valence-electron chi connectivity index (χ1n) is 5.12. The molecule has 0 aliphatic heterocycles.